The van der Waals surface area contributed by atoms with E-state index in [1.165, 1.54) is 0 Å². The molecular formula is C25H32N4O3. The first-order valence-electron chi connectivity index (χ1n) is 11.4. The Hall–Kier alpha value is -2.90. The van der Waals surface area contributed by atoms with E-state index in [-0.39, 0.29) is 18.0 Å². The predicted octanol–water partition coefficient (Wildman–Crippen LogP) is 2.35. The quantitative estimate of drug-likeness (QED) is 0.755. The van der Waals surface area contributed by atoms with Gasteiger partial charge in [-0.3, -0.25) is 9.69 Å². The molecule has 2 aromatic rings. The summed E-state index contributed by atoms with van der Waals surface area (Å²) in [6.45, 7) is 6.27. The fourth-order valence-electron chi connectivity index (χ4n) is 4.26. The molecule has 7 nitrogen and oxygen atoms in total. The maximum absolute atomic E-state index is 12.8. The van der Waals surface area contributed by atoms with E-state index >= 15 is 0 Å². The van der Waals surface area contributed by atoms with Crippen molar-refractivity contribution in [1.82, 2.24) is 20.0 Å². The van der Waals surface area contributed by atoms with Gasteiger partial charge in [-0.05, 0) is 11.1 Å². The van der Waals surface area contributed by atoms with Crippen molar-refractivity contribution in [2.45, 2.75) is 12.5 Å². The van der Waals surface area contributed by atoms with Crippen LogP contribution in [0.2, 0.25) is 0 Å². The second-order valence-corrected chi connectivity index (χ2v) is 8.28. The van der Waals surface area contributed by atoms with Crippen molar-refractivity contribution in [3.05, 3.63) is 71.8 Å². The Morgan fingerprint density at radius 3 is 1.88 bits per heavy atom. The van der Waals surface area contributed by atoms with E-state index in [1.54, 1.807) is 0 Å². The highest BCUT2D eigenvalue weighted by Gasteiger charge is 2.26. The monoisotopic (exact) mass is 436 g/mol. The molecular weight excluding hydrogens is 404 g/mol. The van der Waals surface area contributed by atoms with Crippen LogP contribution in [0.5, 0.6) is 0 Å². The first-order chi connectivity index (χ1) is 15.7. The van der Waals surface area contributed by atoms with Gasteiger partial charge in [0.2, 0.25) is 5.91 Å². The third kappa shape index (κ3) is 5.87. The van der Waals surface area contributed by atoms with Gasteiger partial charge in [-0.15, -0.1) is 0 Å². The van der Waals surface area contributed by atoms with Crippen LogP contribution in [0.25, 0.3) is 0 Å². The molecule has 0 aromatic heterocycles. The second-order valence-electron chi connectivity index (χ2n) is 8.28. The fraction of sp³-hybridized carbons (Fsp3) is 0.440. The number of benzene rings is 2. The number of carbonyl (C=O) groups excluding carboxylic acids is 2. The lowest BCUT2D eigenvalue weighted by Crippen LogP contribution is -2.55. The lowest BCUT2D eigenvalue weighted by Gasteiger charge is -2.38. The van der Waals surface area contributed by atoms with Crippen LogP contribution in [-0.4, -0.2) is 85.7 Å². The van der Waals surface area contributed by atoms with Crippen molar-refractivity contribution >= 4 is 11.9 Å². The number of urea groups is 1. The Kier molecular flexibility index (Phi) is 7.74. The SMILES string of the molecule is O=C(CCN1CCN(C(=O)N2CCOCC2)CC1)NC(c1ccccc1)c1ccccc1. The van der Waals surface area contributed by atoms with Crippen molar-refractivity contribution in [3.8, 4) is 0 Å². The van der Waals surface area contributed by atoms with E-state index < -0.39 is 0 Å². The summed E-state index contributed by atoms with van der Waals surface area (Å²) in [5.41, 5.74) is 2.14. The molecule has 2 saturated heterocycles. The lowest BCUT2D eigenvalue weighted by atomic mass is 9.98. The summed E-state index contributed by atoms with van der Waals surface area (Å²) in [6.07, 6.45) is 0.438. The lowest BCUT2D eigenvalue weighted by molar-refractivity contribution is -0.122. The van der Waals surface area contributed by atoms with Gasteiger partial charge < -0.3 is 19.9 Å². The summed E-state index contributed by atoms with van der Waals surface area (Å²) >= 11 is 0. The zero-order valence-electron chi connectivity index (χ0n) is 18.5. The molecule has 0 unspecified atom stereocenters. The summed E-state index contributed by atoms with van der Waals surface area (Å²) in [4.78, 5) is 31.5. The average molecular weight is 437 g/mol. The van der Waals surface area contributed by atoms with Crippen LogP contribution in [0.15, 0.2) is 60.7 Å². The third-order valence-corrected chi connectivity index (χ3v) is 6.15. The van der Waals surface area contributed by atoms with E-state index in [0.29, 0.717) is 52.4 Å². The number of rotatable bonds is 6. The molecule has 0 saturated carbocycles. The van der Waals surface area contributed by atoms with Gasteiger partial charge in [0.1, 0.15) is 0 Å². The minimum absolute atomic E-state index is 0.0366. The zero-order chi connectivity index (χ0) is 22.2. The van der Waals surface area contributed by atoms with E-state index in [1.807, 2.05) is 70.5 Å². The maximum Gasteiger partial charge on any atom is 0.320 e. The highest BCUT2D eigenvalue weighted by Crippen LogP contribution is 2.22. The molecule has 0 radical (unpaired) electrons. The summed E-state index contributed by atoms with van der Waals surface area (Å²) in [5.74, 6) is 0.0366. The number of hydrogen-bond donors (Lipinski definition) is 1. The van der Waals surface area contributed by atoms with Gasteiger partial charge in [0.05, 0.1) is 19.3 Å². The van der Waals surface area contributed by atoms with Gasteiger partial charge in [0, 0.05) is 52.2 Å². The van der Waals surface area contributed by atoms with E-state index in [2.05, 4.69) is 10.2 Å². The van der Waals surface area contributed by atoms with Crippen molar-refractivity contribution in [2.75, 3.05) is 59.0 Å². The van der Waals surface area contributed by atoms with E-state index in [0.717, 1.165) is 24.2 Å². The number of morpholine rings is 1. The number of nitrogens with one attached hydrogen (secondary N) is 1. The molecule has 2 aliphatic rings. The van der Waals surface area contributed by atoms with Gasteiger partial charge in [0.25, 0.3) is 0 Å². The minimum Gasteiger partial charge on any atom is -0.378 e. The maximum atomic E-state index is 12.8. The second kappa shape index (κ2) is 11.1. The Morgan fingerprint density at radius 1 is 0.781 bits per heavy atom. The summed E-state index contributed by atoms with van der Waals surface area (Å²) in [7, 11) is 0. The summed E-state index contributed by atoms with van der Waals surface area (Å²) in [6, 6.07) is 20.1. The van der Waals surface area contributed by atoms with Crippen molar-refractivity contribution in [3.63, 3.8) is 0 Å². The molecule has 0 bridgehead atoms. The molecule has 1 N–H and O–H groups in total. The van der Waals surface area contributed by atoms with E-state index in [9.17, 15) is 9.59 Å². The summed E-state index contributed by atoms with van der Waals surface area (Å²) < 4.78 is 5.33. The number of nitrogens with zero attached hydrogens (tertiary/aromatic N) is 3. The minimum atomic E-state index is -0.159. The molecule has 2 heterocycles. The van der Waals surface area contributed by atoms with Crippen LogP contribution >= 0.6 is 0 Å². The van der Waals surface area contributed by atoms with Gasteiger partial charge in [0.15, 0.2) is 0 Å². The number of ether oxygens (including phenoxy) is 1. The normalized spacial score (nSPS) is 17.4. The molecule has 32 heavy (non-hydrogen) atoms. The van der Waals surface area contributed by atoms with Gasteiger partial charge in [-0.1, -0.05) is 60.7 Å². The van der Waals surface area contributed by atoms with Gasteiger partial charge >= 0.3 is 6.03 Å². The first-order valence-corrected chi connectivity index (χ1v) is 11.4. The topological polar surface area (TPSA) is 65.1 Å². The Morgan fingerprint density at radius 2 is 1.31 bits per heavy atom. The molecule has 3 amide bonds. The first kappa shape index (κ1) is 22.3. The highest BCUT2D eigenvalue weighted by atomic mass is 16.5. The van der Waals surface area contributed by atoms with Gasteiger partial charge in [-0.25, -0.2) is 4.79 Å². The van der Waals surface area contributed by atoms with Crippen molar-refractivity contribution < 1.29 is 14.3 Å². The predicted molar refractivity (Wildman–Crippen MR) is 123 cm³/mol. The number of amides is 3. The molecule has 7 heteroatoms. The molecule has 170 valence electrons. The highest BCUT2D eigenvalue weighted by molar-refractivity contribution is 5.77. The van der Waals surface area contributed by atoms with Crippen LogP contribution < -0.4 is 5.32 Å². The van der Waals surface area contributed by atoms with Crippen molar-refractivity contribution in [1.29, 1.82) is 0 Å². The van der Waals surface area contributed by atoms with Crippen LogP contribution in [0.1, 0.15) is 23.6 Å². The Balaban J connectivity index is 1.26. The molecule has 2 aromatic carbocycles. The Bertz CT molecular complexity index is 824. The standard InChI is InChI=1S/C25H32N4O3/c30-23(26-24(21-7-3-1-4-8-21)22-9-5-2-6-10-22)11-12-27-13-15-28(16-14-27)25(31)29-17-19-32-20-18-29/h1-10,24H,11-20H2,(H,26,30). The zero-order valence-corrected chi connectivity index (χ0v) is 18.5. The molecule has 2 fully saturated rings. The van der Waals surface area contributed by atoms with Crippen LogP contribution in [-0.2, 0) is 9.53 Å². The number of hydrogen-bond acceptors (Lipinski definition) is 4. The fourth-order valence-corrected chi connectivity index (χ4v) is 4.26. The summed E-state index contributed by atoms with van der Waals surface area (Å²) in [5, 5.41) is 3.21. The largest absolute Gasteiger partial charge is 0.378 e. The average Bonchev–Trinajstić information content (AvgIpc) is 2.87. The Labute approximate surface area is 189 Å². The van der Waals surface area contributed by atoms with Crippen LogP contribution in [0.3, 0.4) is 0 Å². The number of carbonyl (C=O) groups is 2. The third-order valence-electron chi connectivity index (χ3n) is 6.15. The number of piperazine rings is 1. The van der Waals surface area contributed by atoms with E-state index in [4.69, 9.17) is 4.74 Å². The molecule has 4 rings (SSSR count). The van der Waals surface area contributed by atoms with Gasteiger partial charge in [-0.2, -0.15) is 0 Å². The van der Waals surface area contributed by atoms with Crippen molar-refractivity contribution in [2.24, 2.45) is 0 Å². The molecule has 0 spiro atoms. The molecule has 0 aliphatic carbocycles. The van der Waals surface area contributed by atoms with Crippen LogP contribution in [0.4, 0.5) is 4.79 Å². The molecule has 0 atom stereocenters. The molecule has 2 aliphatic heterocycles. The smallest absolute Gasteiger partial charge is 0.320 e. The van der Waals surface area contributed by atoms with Crippen LogP contribution in [0, 0.1) is 0 Å².